The van der Waals surface area contributed by atoms with Crippen LogP contribution in [0.3, 0.4) is 0 Å². The predicted molar refractivity (Wildman–Crippen MR) is 66.4 cm³/mol. The topological polar surface area (TPSA) is 39.2 Å². The van der Waals surface area contributed by atoms with Crippen LogP contribution < -0.4 is 0 Å². The SMILES string of the molecule is CCOC(C)(C)C(=O)Cc1ccc(Br)cn1. The molecule has 0 N–H and O–H groups in total. The number of hydrogen-bond donors (Lipinski definition) is 0. The molecule has 1 aromatic heterocycles. The summed E-state index contributed by atoms with van der Waals surface area (Å²) in [5.74, 6) is 0.0455. The third-order valence-electron chi connectivity index (χ3n) is 2.31. The standard InChI is InChI=1S/C12H16BrNO2/c1-4-16-12(2,3)11(15)7-10-6-5-9(13)8-14-10/h5-6,8H,4,7H2,1-3H3. The van der Waals surface area contributed by atoms with Gasteiger partial charge in [0, 0.05) is 23.0 Å². The molecule has 0 fully saturated rings. The van der Waals surface area contributed by atoms with Gasteiger partial charge in [0.25, 0.3) is 0 Å². The Balaban J connectivity index is 2.67. The summed E-state index contributed by atoms with van der Waals surface area (Å²) in [7, 11) is 0. The first-order valence-corrected chi connectivity index (χ1v) is 6.02. The molecule has 1 aromatic rings. The second-order valence-corrected chi connectivity index (χ2v) is 4.93. The number of Topliss-reactive ketones (excluding diaryl/α,β-unsaturated/α-hetero) is 1. The van der Waals surface area contributed by atoms with Crippen molar-refractivity contribution in [3.05, 3.63) is 28.5 Å². The van der Waals surface area contributed by atoms with Gasteiger partial charge in [0.1, 0.15) is 5.60 Å². The zero-order chi connectivity index (χ0) is 12.2. The molecule has 0 atom stereocenters. The Hall–Kier alpha value is -0.740. The highest BCUT2D eigenvalue weighted by Crippen LogP contribution is 2.14. The summed E-state index contributed by atoms with van der Waals surface area (Å²) in [6.45, 7) is 5.99. The van der Waals surface area contributed by atoms with Crippen LogP contribution in [-0.4, -0.2) is 23.0 Å². The van der Waals surface area contributed by atoms with Gasteiger partial charge >= 0.3 is 0 Å². The van der Waals surface area contributed by atoms with Crippen molar-refractivity contribution in [2.24, 2.45) is 0 Å². The number of pyridine rings is 1. The lowest BCUT2D eigenvalue weighted by Crippen LogP contribution is -2.36. The molecule has 0 bridgehead atoms. The van der Waals surface area contributed by atoms with Gasteiger partial charge in [-0.15, -0.1) is 0 Å². The zero-order valence-corrected chi connectivity index (χ0v) is 11.4. The molecule has 0 unspecified atom stereocenters. The Bertz CT molecular complexity index is 360. The summed E-state index contributed by atoms with van der Waals surface area (Å²) in [6, 6.07) is 3.72. The molecular weight excluding hydrogens is 270 g/mol. The van der Waals surface area contributed by atoms with Gasteiger partial charge < -0.3 is 4.74 Å². The van der Waals surface area contributed by atoms with Crippen molar-refractivity contribution >= 4 is 21.7 Å². The maximum Gasteiger partial charge on any atom is 0.169 e. The minimum Gasteiger partial charge on any atom is -0.368 e. The van der Waals surface area contributed by atoms with Crippen LogP contribution in [-0.2, 0) is 16.0 Å². The van der Waals surface area contributed by atoms with Crippen LogP contribution in [0.4, 0.5) is 0 Å². The number of halogens is 1. The predicted octanol–water partition coefficient (Wildman–Crippen LogP) is 2.77. The molecule has 0 aromatic carbocycles. The Morgan fingerprint density at radius 3 is 2.69 bits per heavy atom. The molecule has 0 spiro atoms. The van der Waals surface area contributed by atoms with Crippen molar-refractivity contribution in [1.82, 2.24) is 4.98 Å². The molecule has 0 amide bonds. The largest absolute Gasteiger partial charge is 0.368 e. The van der Waals surface area contributed by atoms with E-state index in [1.807, 2.05) is 19.1 Å². The van der Waals surface area contributed by atoms with E-state index in [-0.39, 0.29) is 5.78 Å². The number of ketones is 1. The van der Waals surface area contributed by atoms with E-state index in [1.54, 1.807) is 20.0 Å². The van der Waals surface area contributed by atoms with Gasteiger partial charge in [0.05, 0.1) is 6.42 Å². The fourth-order valence-corrected chi connectivity index (χ4v) is 1.56. The molecule has 0 aliphatic heterocycles. The molecular formula is C12H16BrNO2. The first-order chi connectivity index (χ1) is 7.45. The number of aromatic nitrogens is 1. The number of carbonyl (C=O) groups excluding carboxylic acids is 1. The van der Waals surface area contributed by atoms with E-state index < -0.39 is 5.60 Å². The minimum absolute atomic E-state index is 0.0455. The van der Waals surface area contributed by atoms with Crippen molar-refractivity contribution < 1.29 is 9.53 Å². The molecule has 0 aliphatic carbocycles. The minimum atomic E-state index is -0.733. The van der Waals surface area contributed by atoms with E-state index in [1.165, 1.54) is 0 Å². The van der Waals surface area contributed by atoms with Gasteiger partial charge in [-0.2, -0.15) is 0 Å². The normalized spacial score (nSPS) is 11.5. The van der Waals surface area contributed by atoms with E-state index in [4.69, 9.17) is 4.74 Å². The average Bonchev–Trinajstić information content (AvgIpc) is 2.21. The van der Waals surface area contributed by atoms with Crippen LogP contribution in [0.25, 0.3) is 0 Å². The molecule has 88 valence electrons. The molecule has 1 rings (SSSR count). The maximum absolute atomic E-state index is 11.9. The Kier molecular flexibility index (Phi) is 4.62. The molecule has 0 saturated heterocycles. The summed E-state index contributed by atoms with van der Waals surface area (Å²) in [5.41, 5.74) is 0.0322. The molecule has 3 nitrogen and oxygen atoms in total. The molecule has 16 heavy (non-hydrogen) atoms. The third kappa shape index (κ3) is 3.68. The van der Waals surface area contributed by atoms with E-state index >= 15 is 0 Å². The zero-order valence-electron chi connectivity index (χ0n) is 9.79. The number of nitrogens with zero attached hydrogens (tertiary/aromatic N) is 1. The summed E-state index contributed by atoms with van der Waals surface area (Å²) < 4.78 is 6.31. The molecule has 0 saturated carbocycles. The van der Waals surface area contributed by atoms with E-state index in [0.29, 0.717) is 13.0 Å². The van der Waals surface area contributed by atoms with Crippen LogP contribution in [0, 0.1) is 0 Å². The highest BCUT2D eigenvalue weighted by Gasteiger charge is 2.27. The first kappa shape index (κ1) is 13.3. The fraction of sp³-hybridized carbons (Fsp3) is 0.500. The fourth-order valence-electron chi connectivity index (χ4n) is 1.33. The van der Waals surface area contributed by atoms with Crippen LogP contribution in [0.2, 0.25) is 0 Å². The summed E-state index contributed by atoms with van der Waals surface area (Å²) in [6.07, 6.45) is 2.00. The van der Waals surface area contributed by atoms with Crippen molar-refractivity contribution in [3.8, 4) is 0 Å². The Morgan fingerprint density at radius 2 is 2.19 bits per heavy atom. The molecule has 0 radical (unpaired) electrons. The lowest BCUT2D eigenvalue weighted by molar-refractivity contribution is -0.139. The van der Waals surface area contributed by atoms with Crippen LogP contribution in [0.15, 0.2) is 22.8 Å². The van der Waals surface area contributed by atoms with Crippen molar-refractivity contribution in [1.29, 1.82) is 0 Å². The number of rotatable bonds is 5. The number of carbonyl (C=O) groups is 1. The Labute approximate surface area is 104 Å². The third-order valence-corrected chi connectivity index (χ3v) is 2.78. The number of ether oxygens (including phenoxy) is 1. The van der Waals surface area contributed by atoms with E-state index in [9.17, 15) is 4.79 Å². The number of hydrogen-bond acceptors (Lipinski definition) is 3. The van der Waals surface area contributed by atoms with Gasteiger partial charge in [0.2, 0.25) is 0 Å². The van der Waals surface area contributed by atoms with Gasteiger partial charge in [-0.3, -0.25) is 9.78 Å². The molecule has 4 heteroatoms. The maximum atomic E-state index is 11.9. The highest BCUT2D eigenvalue weighted by molar-refractivity contribution is 9.10. The first-order valence-electron chi connectivity index (χ1n) is 5.23. The average molecular weight is 286 g/mol. The van der Waals surface area contributed by atoms with Crippen LogP contribution in [0.5, 0.6) is 0 Å². The lowest BCUT2D eigenvalue weighted by Gasteiger charge is -2.22. The summed E-state index contributed by atoms with van der Waals surface area (Å²) >= 11 is 3.30. The monoisotopic (exact) mass is 285 g/mol. The Morgan fingerprint density at radius 1 is 1.50 bits per heavy atom. The second kappa shape index (κ2) is 5.55. The highest BCUT2D eigenvalue weighted by atomic mass is 79.9. The molecule has 1 heterocycles. The van der Waals surface area contributed by atoms with Crippen LogP contribution >= 0.6 is 15.9 Å². The van der Waals surface area contributed by atoms with E-state index in [0.717, 1.165) is 10.2 Å². The van der Waals surface area contributed by atoms with Gasteiger partial charge in [-0.05, 0) is 48.8 Å². The van der Waals surface area contributed by atoms with Gasteiger partial charge in [0.15, 0.2) is 5.78 Å². The smallest absolute Gasteiger partial charge is 0.169 e. The summed E-state index contributed by atoms with van der Waals surface area (Å²) in [5, 5.41) is 0. The second-order valence-electron chi connectivity index (χ2n) is 4.01. The lowest BCUT2D eigenvalue weighted by atomic mass is 9.99. The van der Waals surface area contributed by atoms with E-state index in [2.05, 4.69) is 20.9 Å². The van der Waals surface area contributed by atoms with Crippen molar-refractivity contribution in [2.45, 2.75) is 32.8 Å². The quantitative estimate of drug-likeness (QED) is 0.835. The van der Waals surface area contributed by atoms with Crippen molar-refractivity contribution in [2.75, 3.05) is 6.61 Å². The summed E-state index contributed by atoms with van der Waals surface area (Å²) in [4.78, 5) is 16.1. The molecule has 0 aliphatic rings. The van der Waals surface area contributed by atoms with Gasteiger partial charge in [-0.25, -0.2) is 0 Å². The van der Waals surface area contributed by atoms with Gasteiger partial charge in [-0.1, -0.05) is 0 Å². The van der Waals surface area contributed by atoms with Crippen molar-refractivity contribution in [3.63, 3.8) is 0 Å². The van der Waals surface area contributed by atoms with Crippen LogP contribution in [0.1, 0.15) is 26.5 Å².